The lowest BCUT2D eigenvalue weighted by Crippen LogP contribution is -2.76. The first-order valence-corrected chi connectivity index (χ1v) is 15.7. The Labute approximate surface area is 265 Å². The minimum absolute atomic E-state index is 0.00610. The predicted octanol–water partition coefficient (Wildman–Crippen LogP) is 4.08. The van der Waals surface area contributed by atoms with Crippen LogP contribution in [0, 0.1) is 28.1 Å². The van der Waals surface area contributed by atoms with E-state index >= 15 is 4.79 Å². The van der Waals surface area contributed by atoms with Crippen molar-refractivity contribution in [2.45, 2.75) is 82.6 Å². The molecule has 2 saturated carbocycles. The summed E-state index contributed by atoms with van der Waals surface area (Å²) in [5.41, 5.74) is -3.91. The number of phenols is 1. The van der Waals surface area contributed by atoms with Crippen molar-refractivity contribution in [3.8, 4) is 5.75 Å². The zero-order valence-corrected chi connectivity index (χ0v) is 26.0. The van der Waals surface area contributed by atoms with Crippen LogP contribution >= 0.6 is 0 Å². The molecule has 1 aromatic heterocycles. The maximum absolute atomic E-state index is 15.1. The number of esters is 3. The van der Waals surface area contributed by atoms with Gasteiger partial charge in [0.2, 0.25) is 0 Å². The minimum Gasteiger partial charge on any atom is -0.508 e. The number of carbonyl (C=O) groups is 4. The second-order valence-electron chi connectivity index (χ2n) is 14.7. The lowest BCUT2D eigenvalue weighted by molar-refractivity contribution is -0.255. The number of carbonyl (C=O) groups excluding carboxylic acids is 4. The number of phenolic OH excluding ortho intramolecular Hbond substituents is 1. The second kappa shape index (κ2) is 9.32. The summed E-state index contributed by atoms with van der Waals surface area (Å²) in [6.45, 7) is 7.54. The summed E-state index contributed by atoms with van der Waals surface area (Å²) < 4.78 is 36.5. The van der Waals surface area contributed by atoms with Gasteiger partial charge in [0.05, 0.1) is 36.6 Å². The minimum atomic E-state index is -1.31. The van der Waals surface area contributed by atoms with Crippen molar-refractivity contribution >= 4 is 29.8 Å². The van der Waals surface area contributed by atoms with Gasteiger partial charge in [-0.25, -0.2) is 9.59 Å². The lowest BCUT2D eigenvalue weighted by Gasteiger charge is -2.66. The molecule has 2 aromatic rings. The molecule has 10 atom stereocenters. The van der Waals surface area contributed by atoms with Crippen LogP contribution in [0.4, 0.5) is 0 Å². The Morgan fingerprint density at radius 2 is 1.78 bits per heavy atom. The van der Waals surface area contributed by atoms with Gasteiger partial charge < -0.3 is 33.2 Å². The van der Waals surface area contributed by atoms with Crippen LogP contribution in [-0.2, 0) is 42.9 Å². The van der Waals surface area contributed by atoms with Crippen LogP contribution in [0.1, 0.15) is 64.2 Å². The van der Waals surface area contributed by atoms with Crippen molar-refractivity contribution in [2.24, 2.45) is 28.1 Å². The van der Waals surface area contributed by atoms with Gasteiger partial charge in [-0.1, -0.05) is 26.0 Å². The third-order valence-electron chi connectivity index (χ3n) is 12.2. The van der Waals surface area contributed by atoms with Crippen LogP contribution in [0.2, 0.25) is 0 Å². The maximum atomic E-state index is 15.1. The zero-order valence-electron chi connectivity index (χ0n) is 26.0. The summed E-state index contributed by atoms with van der Waals surface area (Å²) in [4.78, 5) is 54.9. The van der Waals surface area contributed by atoms with E-state index in [1.807, 2.05) is 27.7 Å². The van der Waals surface area contributed by atoms with Crippen molar-refractivity contribution in [1.29, 1.82) is 0 Å². The number of hydrogen-bond acceptors (Lipinski definition) is 11. The Balaban J connectivity index is 1.28. The Morgan fingerprint density at radius 1 is 1.02 bits per heavy atom. The number of cyclic esters (lactones) is 2. The van der Waals surface area contributed by atoms with E-state index in [1.54, 1.807) is 30.5 Å². The van der Waals surface area contributed by atoms with Gasteiger partial charge in [-0.15, -0.1) is 0 Å². The van der Waals surface area contributed by atoms with Crippen LogP contribution in [0.25, 0.3) is 6.08 Å². The number of benzene rings is 1. The van der Waals surface area contributed by atoms with Gasteiger partial charge in [0.25, 0.3) is 0 Å². The van der Waals surface area contributed by atoms with Gasteiger partial charge in [0.1, 0.15) is 24.1 Å². The lowest BCUT2D eigenvalue weighted by atomic mass is 9.36. The number of fused-ring (bicyclic) bond motifs is 1. The molecule has 11 nitrogen and oxygen atoms in total. The van der Waals surface area contributed by atoms with Crippen LogP contribution in [0.15, 0.2) is 53.4 Å². The van der Waals surface area contributed by atoms with Gasteiger partial charge in [-0.2, -0.15) is 0 Å². The van der Waals surface area contributed by atoms with Crippen LogP contribution < -0.4 is 0 Å². The van der Waals surface area contributed by atoms with E-state index in [4.69, 9.17) is 28.1 Å². The van der Waals surface area contributed by atoms with E-state index < -0.39 is 81.6 Å². The Morgan fingerprint density at radius 3 is 2.50 bits per heavy atom. The van der Waals surface area contributed by atoms with Crippen molar-refractivity contribution in [1.82, 2.24) is 0 Å². The highest BCUT2D eigenvalue weighted by atomic mass is 16.7. The van der Waals surface area contributed by atoms with Crippen LogP contribution in [0.3, 0.4) is 0 Å². The summed E-state index contributed by atoms with van der Waals surface area (Å²) in [6, 6.07) is 8.05. The molecule has 2 spiro atoms. The van der Waals surface area contributed by atoms with E-state index in [1.165, 1.54) is 24.5 Å². The quantitative estimate of drug-likeness (QED) is 0.225. The van der Waals surface area contributed by atoms with E-state index in [-0.39, 0.29) is 24.6 Å². The fourth-order valence-corrected chi connectivity index (χ4v) is 10.6. The first kappa shape index (κ1) is 29.4. The topological polar surface area (TPSA) is 151 Å². The molecule has 8 rings (SSSR count). The van der Waals surface area contributed by atoms with Crippen molar-refractivity contribution in [2.75, 3.05) is 6.61 Å². The molecule has 4 aliphatic heterocycles. The van der Waals surface area contributed by atoms with E-state index in [2.05, 4.69) is 0 Å². The zero-order chi connectivity index (χ0) is 32.4. The largest absolute Gasteiger partial charge is 0.508 e. The van der Waals surface area contributed by atoms with Crippen molar-refractivity contribution in [3.05, 3.63) is 60.1 Å². The summed E-state index contributed by atoms with van der Waals surface area (Å²) in [6.07, 6.45) is 3.31. The summed E-state index contributed by atoms with van der Waals surface area (Å²) in [7, 11) is 0. The highest BCUT2D eigenvalue weighted by molar-refractivity contribution is 5.96. The molecule has 242 valence electrons. The van der Waals surface area contributed by atoms with Gasteiger partial charge in [-0.05, 0) is 62.4 Å². The SMILES string of the molecule is CC1(C)O[C@H]2CC(=O)OC[C@]23C2CCC4(C)C(c5ccoc5)OC(=O)[C@H]5O[C@]54[C@]2(C)[C@@H](OC(=O)/C=C/c2ccc(O)cc2)C(=O)[C@H]13. The number of ether oxygens (including phenoxy) is 5. The standard InChI is InChI=1S/C35H36O11/c1-31(2)26-25(39)28(43-23(37)10-7-18-5-8-20(36)9-6-18)33(4)21(34(26)17-42-24(38)15-22(34)45-31)11-13-32(3)27(19-12-14-41-16-19)44-30(40)29-35(32,33)46-29/h5-10,12,14,16,21-22,26-29,36H,11,13,15,17H2,1-4H3/b10-7+/t21?,22-,26+,27?,28-,29+,32?,33-,34-,35+/m0/s1. The number of rotatable bonds is 4. The van der Waals surface area contributed by atoms with Gasteiger partial charge in [0, 0.05) is 27.9 Å². The molecular weight excluding hydrogens is 596 g/mol. The number of ketones is 1. The third kappa shape index (κ3) is 3.50. The van der Waals surface area contributed by atoms with Gasteiger partial charge >= 0.3 is 17.9 Å². The van der Waals surface area contributed by atoms with E-state index in [9.17, 15) is 19.5 Å². The number of epoxide rings is 1. The molecule has 0 radical (unpaired) electrons. The molecule has 2 aliphatic carbocycles. The van der Waals surface area contributed by atoms with E-state index in [0.29, 0.717) is 24.0 Å². The second-order valence-corrected chi connectivity index (χ2v) is 14.7. The normalized spacial score (nSPS) is 43.3. The summed E-state index contributed by atoms with van der Waals surface area (Å²) in [5, 5.41) is 9.63. The molecule has 46 heavy (non-hydrogen) atoms. The summed E-state index contributed by atoms with van der Waals surface area (Å²) in [5.74, 6) is -3.09. The first-order chi connectivity index (χ1) is 21.8. The fourth-order valence-electron chi connectivity index (χ4n) is 10.6. The summed E-state index contributed by atoms with van der Waals surface area (Å²) >= 11 is 0. The average molecular weight is 633 g/mol. The Kier molecular flexibility index (Phi) is 5.96. The number of furan rings is 1. The first-order valence-electron chi connectivity index (χ1n) is 15.7. The smallest absolute Gasteiger partial charge is 0.339 e. The Hall–Kier alpha value is -3.96. The number of hydrogen-bond donors (Lipinski definition) is 1. The van der Waals surface area contributed by atoms with Crippen LogP contribution in [-0.4, -0.2) is 64.9 Å². The molecule has 5 heterocycles. The van der Waals surface area contributed by atoms with Crippen LogP contribution in [0.5, 0.6) is 5.75 Å². The van der Waals surface area contributed by atoms with E-state index in [0.717, 1.165) is 0 Å². The molecule has 11 heteroatoms. The molecule has 1 aromatic carbocycles. The highest BCUT2D eigenvalue weighted by Gasteiger charge is 2.91. The van der Waals surface area contributed by atoms with Crippen molar-refractivity contribution in [3.63, 3.8) is 0 Å². The molecule has 0 bridgehead atoms. The Bertz CT molecular complexity index is 1680. The third-order valence-corrected chi connectivity index (χ3v) is 12.2. The molecule has 6 aliphatic rings. The monoisotopic (exact) mass is 632 g/mol. The average Bonchev–Trinajstić information content (AvgIpc) is 3.48. The molecule has 4 saturated heterocycles. The molecule has 3 unspecified atom stereocenters. The van der Waals surface area contributed by atoms with Gasteiger partial charge in [-0.3, -0.25) is 9.59 Å². The highest BCUT2D eigenvalue weighted by Crippen LogP contribution is 2.80. The molecule has 6 fully saturated rings. The maximum Gasteiger partial charge on any atom is 0.339 e. The molecule has 1 N–H and O–H groups in total. The molecule has 0 amide bonds. The number of Topliss-reactive ketones (excluding diaryl/α,β-unsaturated/α-hetero) is 1. The molecular formula is C35H36O11. The van der Waals surface area contributed by atoms with Crippen molar-refractivity contribution < 1.29 is 52.4 Å². The predicted molar refractivity (Wildman–Crippen MR) is 157 cm³/mol. The van der Waals surface area contributed by atoms with Gasteiger partial charge in [0.15, 0.2) is 18.0 Å². The number of aromatic hydroxyl groups is 1. The fraction of sp³-hybridized carbons (Fsp3) is 0.543.